The van der Waals surface area contributed by atoms with Gasteiger partial charge < -0.3 is 14.6 Å². The number of nitrogens with one attached hydrogen (secondary N) is 1. The summed E-state index contributed by atoms with van der Waals surface area (Å²) in [5.41, 5.74) is 2.41. The molecule has 0 bridgehead atoms. The molecule has 0 aliphatic rings. The Kier molecular flexibility index (Phi) is 5.00. The van der Waals surface area contributed by atoms with Gasteiger partial charge in [0.2, 0.25) is 0 Å². The van der Waals surface area contributed by atoms with E-state index in [1.54, 1.807) is 38.2 Å². The minimum Gasteiger partial charge on any atom is -0.489 e. The zero-order valence-electron chi connectivity index (χ0n) is 14.0. The van der Waals surface area contributed by atoms with Crippen molar-refractivity contribution in [2.24, 2.45) is 7.05 Å². The maximum atomic E-state index is 12.3. The summed E-state index contributed by atoms with van der Waals surface area (Å²) in [6.07, 6.45) is 0. The summed E-state index contributed by atoms with van der Waals surface area (Å²) in [6.45, 7) is 2.25. The number of carbonyl (C=O) groups excluding carboxylic acids is 1. The lowest BCUT2D eigenvalue weighted by Gasteiger charge is -2.08. The van der Waals surface area contributed by atoms with E-state index in [1.165, 1.54) is 4.57 Å². The third kappa shape index (κ3) is 3.97. The summed E-state index contributed by atoms with van der Waals surface area (Å²) >= 11 is 0.948. The molecule has 1 N–H and O–H groups in total. The molecule has 0 radical (unpaired) electrons. The molecule has 0 fully saturated rings. The normalized spacial score (nSPS) is 10.5. The highest BCUT2D eigenvalue weighted by molar-refractivity contribution is 7.11. The van der Waals surface area contributed by atoms with Crippen LogP contribution in [0, 0.1) is 6.92 Å². The lowest BCUT2D eigenvalue weighted by atomic mass is 10.2. The average molecular weight is 354 g/mol. The van der Waals surface area contributed by atoms with Crippen LogP contribution in [0.5, 0.6) is 5.75 Å². The van der Waals surface area contributed by atoms with Crippen LogP contribution < -0.4 is 14.9 Å². The summed E-state index contributed by atoms with van der Waals surface area (Å²) < 4.78 is 7.19. The van der Waals surface area contributed by atoms with Crippen molar-refractivity contribution < 1.29 is 9.53 Å². The van der Waals surface area contributed by atoms with Crippen molar-refractivity contribution in [3.63, 3.8) is 0 Å². The van der Waals surface area contributed by atoms with E-state index in [0.29, 0.717) is 22.9 Å². The molecule has 0 aliphatic heterocycles. The van der Waals surface area contributed by atoms with Crippen LogP contribution in [0.15, 0.2) is 59.4 Å². The topological polar surface area (TPSA) is 60.3 Å². The Morgan fingerprint density at radius 3 is 2.40 bits per heavy atom. The molecule has 6 heteroatoms. The number of benzene rings is 2. The molecular weight excluding hydrogens is 336 g/mol. The van der Waals surface area contributed by atoms with Crippen LogP contribution in [0.1, 0.15) is 20.9 Å². The van der Waals surface area contributed by atoms with E-state index in [9.17, 15) is 9.59 Å². The quantitative estimate of drug-likeness (QED) is 0.762. The van der Waals surface area contributed by atoms with Crippen LogP contribution in [0.2, 0.25) is 0 Å². The van der Waals surface area contributed by atoms with Gasteiger partial charge in [-0.1, -0.05) is 41.7 Å². The fourth-order valence-corrected chi connectivity index (χ4v) is 3.17. The van der Waals surface area contributed by atoms with Gasteiger partial charge in [-0.3, -0.25) is 9.59 Å². The fraction of sp³-hybridized carbons (Fsp3) is 0.158. The van der Waals surface area contributed by atoms with Crippen LogP contribution in [0.25, 0.3) is 0 Å². The second-order valence-corrected chi connectivity index (χ2v) is 6.56. The van der Waals surface area contributed by atoms with E-state index >= 15 is 0 Å². The van der Waals surface area contributed by atoms with Crippen molar-refractivity contribution in [3.05, 3.63) is 80.4 Å². The van der Waals surface area contributed by atoms with Gasteiger partial charge in [-0.25, -0.2) is 0 Å². The van der Waals surface area contributed by atoms with E-state index in [2.05, 4.69) is 5.32 Å². The Morgan fingerprint density at radius 1 is 1.12 bits per heavy atom. The number of aromatic nitrogens is 1. The van der Waals surface area contributed by atoms with Gasteiger partial charge in [0.25, 0.3) is 5.91 Å². The molecule has 0 spiro atoms. The monoisotopic (exact) mass is 354 g/mol. The second kappa shape index (κ2) is 7.36. The van der Waals surface area contributed by atoms with Crippen molar-refractivity contribution in [2.45, 2.75) is 13.5 Å². The van der Waals surface area contributed by atoms with Gasteiger partial charge in [0.15, 0.2) is 0 Å². The Morgan fingerprint density at radius 2 is 1.80 bits per heavy atom. The molecule has 5 nitrogen and oxygen atoms in total. The van der Waals surface area contributed by atoms with Crippen molar-refractivity contribution in [2.75, 3.05) is 5.32 Å². The highest BCUT2D eigenvalue weighted by atomic mass is 32.1. The zero-order chi connectivity index (χ0) is 17.8. The maximum Gasteiger partial charge on any atom is 0.307 e. The third-order valence-electron chi connectivity index (χ3n) is 3.86. The summed E-state index contributed by atoms with van der Waals surface area (Å²) in [4.78, 5) is 24.2. The van der Waals surface area contributed by atoms with Crippen molar-refractivity contribution in [3.8, 4) is 5.75 Å². The van der Waals surface area contributed by atoms with E-state index in [0.717, 1.165) is 22.6 Å². The minimum atomic E-state index is -0.279. The molecule has 3 aromatic rings. The zero-order valence-corrected chi connectivity index (χ0v) is 14.8. The van der Waals surface area contributed by atoms with Gasteiger partial charge >= 0.3 is 4.87 Å². The summed E-state index contributed by atoms with van der Waals surface area (Å²) in [5, 5.41) is 2.80. The molecule has 128 valence electrons. The summed E-state index contributed by atoms with van der Waals surface area (Å²) in [7, 11) is 1.66. The standard InChI is InChI=1S/C19H18N2O3S/c1-13-17(25-19(23)21(13)2)18(22)20-15-8-10-16(11-9-15)24-12-14-6-4-3-5-7-14/h3-11H,12H2,1-2H3,(H,20,22). The van der Waals surface area contributed by atoms with E-state index < -0.39 is 0 Å². The SMILES string of the molecule is Cc1c(C(=O)Nc2ccc(OCc3ccccc3)cc2)sc(=O)n1C. The summed E-state index contributed by atoms with van der Waals surface area (Å²) in [6, 6.07) is 17.1. The first-order chi connectivity index (χ1) is 12.0. The number of anilines is 1. The molecule has 0 unspecified atom stereocenters. The Bertz CT molecular complexity index is 928. The third-order valence-corrected chi connectivity index (χ3v) is 5.00. The molecule has 2 aromatic carbocycles. The fourth-order valence-electron chi connectivity index (χ4n) is 2.29. The number of rotatable bonds is 5. The molecule has 0 saturated carbocycles. The van der Waals surface area contributed by atoms with Crippen LogP contribution >= 0.6 is 11.3 Å². The largest absolute Gasteiger partial charge is 0.489 e. The van der Waals surface area contributed by atoms with Crippen molar-refractivity contribution in [1.82, 2.24) is 4.57 Å². The van der Waals surface area contributed by atoms with Gasteiger partial charge in [0.05, 0.1) is 0 Å². The molecule has 1 aromatic heterocycles. The number of hydrogen-bond acceptors (Lipinski definition) is 4. The van der Waals surface area contributed by atoms with Crippen molar-refractivity contribution >= 4 is 22.9 Å². The first-order valence-electron chi connectivity index (χ1n) is 7.79. The molecule has 25 heavy (non-hydrogen) atoms. The van der Waals surface area contributed by atoms with E-state index in [4.69, 9.17) is 4.74 Å². The van der Waals surface area contributed by atoms with Gasteiger partial charge in [-0.2, -0.15) is 0 Å². The van der Waals surface area contributed by atoms with Gasteiger partial charge in [0, 0.05) is 18.4 Å². The molecule has 1 amide bonds. The van der Waals surface area contributed by atoms with E-state index in [1.807, 2.05) is 30.3 Å². The number of hydrogen-bond donors (Lipinski definition) is 1. The molecule has 1 heterocycles. The Balaban J connectivity index is 1.63. The van der Waals surface area contributed by atoms with Gasteiger partial charge in [0.1, 0.15) is 17.2 Å². The highest BCUT2D eigenvalue weighted by Crippen LogP contribution is 2.19. The van der Waals surface area contributed by atoms with Gasteiger partial charge in [-0.05, 0) is 36.8 Å². The molecular formula is C19H18N2O3S. The second-order valence-electron chi connectivity index (χ2n) is 5.59. The first kappa shape index (κ1) is 17.0. The highest BCUT2D eigenvalue weighted by Gasteiger charge is 2.15. The lowest BCUT2D eigenvalue weighted by Crippen LogP contribution is -2.12. The first-order valence-corrected chi connectivity index (χ1v) is 8.61. The minimum absolute atomic E-state index is 0.146. The number of nitrogens with zero attached hydrogens (tertiary/aromatic N) is 1. The number of carbonyl (C=O) groups is 1. The molecule has 0 aliphatic carbocycles. The van der Waals surface area contributed by atoms with E-state index in [-0.39, 0.29) is 10.8 Å². The van der Waals surface area contributed by atoms with Crippen LogP contribution in [0.3, 0.4) is 0 Å². The predicted molar refractivity (Wildman–Crippen MR) is 99.5 cm³/mol. The van der Waals surface area contributed by atoms with Gasteiger partial charge in [-0.15, -0.1) is 0 Å². The summed E-state index contributed by atoms with van der Waals surface area (Å²) in [5.74, 6) is 0.445. The van der Waals surface area contributed by atoms with Crippen LogP contribution in [-0.2, 0) is 13.7 Å². The molecule has 0 saturated heterocycles. The maximum absolute atomic E-state index is 12.3. The number of amides is 1. The smallest absolute Gasteiger partial charge is 0.307 e. The van der Waals surface area contributed by atoms with Crippen LogP contribution in [-0.4, -0.2) is 10.5 Å². The Hall–Kier alpha value is -2.86. The Labute approximate surface area is 149 Å². The molecule has 3 rings (SSSR count). The van der Waals surface area contributed by atoms with Crippen molar-refractivity contribution in [1.29, 1.82) is 0 Å². The lowest BCUT2D eigenvalue weighted by molar-refractivity contribution is 0.102. The predicted octanol–water partition coefficient (Wildman–Crippen LogP) is 3.59. The average Bonchev–Trinajstić information content (AvgIpc) is 2.89. The van der Waals surface area contributed by atoms with Crippen LogP contribution in [0.4, 0.5) is 5.69 Å². The number of thiazole rings is 1. The molecule has 0 atom stereocenters. The number of ether oxygens (including phenoxy) is 1.